The highest BCUT2D eigenvalue weighted by Gasteiger charge is 2.36. The first kappa shape index (κ1) is 12.3. The van der Waals surface area contributed by atoms with E-state index in [1.807, 2.05) is 0 Å². The van der Waals surface area contributed by atoms with E-state index in [-0.39, 0.29) is 0 Å². The SMILES string of the molecule is CCCC(CN)N1CCOC2CCCCC21. The maximum atomic E-state index is 5.93. The fraction of sp³-hybridized carbons (Fsp3) is 1.00. The van der Waals surface area contributed by atoms with Crippen LogP contribution in [-0.2, 0) is 4.74 Å². The van der Waals surface area contributed by atoms with Gasteiger partial charge in [-0.2, -0.15) is 0 Å². The van der Waals surface area contributed by atoms with Crippen LogP contribution < -0.4 is 5.73 Å². The Morgan fingerprint density at radius 1 is 1.38 bits per heavy atom. The van der Waals surface area contributed by atoms with Gasteiger partial charge >= 0.3 is 0 Å². The molecule has 16 heavy (non-hydrogen) atoms. The van der Waals surface area contributed by atoms with Gasteiger partial charge in [-0.15, -0.1) is 0 Å². The van der Waals surface area contributed by atoms with Gasteiger partial charge in [-0.1, -0.05) is 26.2 Å². The molecule has 3 nitrogen and oxygen atoms in total. The van der Waals surface area contributed by atoms with E-state index in [9.17, 15) is 0 Å². The second-order valence-corrected chi connectivity index (χ2v) is 5.18. The summed E-state index contributed by atoms with van der Waals surface area (Å²) in [6, 6.07) is 1.24. The molecule has 94 valence electrons. The Morgan fingerprint density at radius 2 is 2.19 bits per heavy atom. The van der Waals surface area contributed by atoms with Gasteiger partial charge in [-0.25, -0.2) is 0 Å². The lowest BCUT2D eigenvalue weighted by Crippen LogP contribution is -2.57. The summed E-state index contributed by atoms with van der Waals surface area (Å²) in [4.78, 5) is 2.65. The van der Waals surface area contributed by atoms with Gasteiger partial charge in [-0.05, 0) is 19.3 Å². The van der Waals surface area contributed by atoms with E-state index < -0.39 is 0 Å². The largest absolute Gasteiger partial charge is 0.375 e. The van der Waals surface area contributed by atoms with Gasteiger partial charge in [0.2, 0.25) is 0 Å². The Kier molecular flexibility index (Phi) is 4.62. The fourth-order valence-electron chi connectivity index (χ4n) is 3.33. The smallest absolute Gasteiger partial charge is 0.0731 e. The minimum absolute atomic E-state index is 0.494. The number of rotatable bonds is 4. The average molecular weight is 226 g/mol. The standard InChI is InChI=1S/C13H26N2O/c1-2-5-11(10-14)15-8-9-16-13-7-4-3-6-12(13)15/h11-13H,2-10,14H2,1H3. The van der Waals surface area contributed by atoms with Crippen molar-refractivity contribution in [1.82, 2.24) is 4.90 Å². The zero-order valence-corrected chi connectivity index (χ0v) is 10.5. The number of nitrogens with two attached hydrogens (primary N) is 1. The van der Waals surface area contributed by atoms with Crippen LogP contribution in [0, 0.1) is 0 Å². The predicted molar refractivity (Wildman–Crippen MR) is 66.5 cm³/mol. The van der Waals surface area contributed by atoms with E-state index >= 15 is 0 Å². The molecule has 0 aromatic carbocycles. The lowest BCUT2D eigenvalue weighted by Gasteiger charge is -2.47. The fourth-order valence-corrected chi connectivity index (χ4v) is 3.33. The summed E-state index contributed by atoms with van der Waals surface area (Å²) in [6.45, 7) is 5.04. The maximum absolute atomic E-state index is 5.93. The summed E-state index contributed by atoms with van der Waals surface area (Å²) in [7, 11) is 0. The van der Waals surface area contributed by atoms with Crippen LogP contribution >= 0.6 is 0 Å². The molecule has 2 rings (SSSR count). The van der Waals surface area contributed by atoms with Gasteiger partial charge in [0.15, 0.2) is 0 Å². The molecule has 0 amide bonds. The monoisotopic (exact) mass is 226 g/mol. The van der Waals surface area contributed by atoms with Gasteiger partial charge < -0.3 is 10.5 Å². The van der Waals surface area contributed by atoms with Crippen LogP contribution in [0.1, 0.15) is 45.4 Å². The van der Waals surface area contributed by atoms with Crippen LogP contribution in [0.5, 0.6) is 0 Å². The number of hydrogen-bond donors (Lipinski definition) is 1. The van der Waals surface area contributed by atoms with Crippen molar-refractivity contribution in [1.29, 1.82) is 0 Å². The predicted octanol–water partition coefficient (Wildman–Crippen LogP) is 1.76. The maximum Gasteiger partial charge on any atom is 0.0731 e. The third-order valence-corrected chi connectivity index (χ3v) is 4.14. The molecule has 1 heterocycles. The first-order chi connectivity index (χ1) is 7.86. The number of morpholine rings is 1. The lowest BCUT2D eigenvalue weighted by atomic mass is 9.88. The van der Waals surface area contributed by atoms with Gasteiger partial charge in [-0.3, -0.25) is 4.90 Å². The van der Waals surface area contributed by atoms with Gasteiger partial charge in [0.05, 0.1) is 12.7 Å². The zero-order chi connectivity index (χ0) is 11.4. The van der Waals surface area contributed by atoms with Crippen LogP contribution in [0.4, 0.5) is 0 Å². The van der Waals surface area contributed by atoms with Crippen molar-refractivity contribution in [2.45, 2.75) is 63.6 Å². The third-order valence-electron chi connectivity index (χ3n) is 4.14. The van der Waals surface area contributed by atoms with Crippen LogP contribution in [0.25, 0.3) is 0 Å². The molecule has 0 aromatic rings. The molecular weight excluding hydrogens is 200 g/mol. The van der Waals surface area contributed by atoms with Gasteiger partial charge in [0.25, 0.3) is 0 Å². The van der Waals surface area contributed by atoms with Crippen LogP contribution in [0.3, 0.4) is 0 Å². The molecule has 3 atom stereocenters. The summed E-state index contributed by atoms with van der Waals surface area (Å²) >= 11 is 0. The molecule has 2 fully saturated rings. The van der Waals surface area contributed by atoms with E-state index in [2.05, 4.69) is 11.8 Å². The van der Waals surface area contributed by atoms with Crippen molar-refractivity contribution < 1.29 is 4.74 Å². The molecule has 0 aromatic heterocycles. The van der Waals surface area contributed by atoms with Gasteiger partial charge in [0, 0.05) is 25.2 Å². The summed E-state index contributed by atoms with van der Waals surface area (Å²) in [6.07, 6.45) is 8.24. The third kappa shape index (κ3) is 2.58. The average Bonchev–Trinajstić information content (AvgIpc) is 2.35. The van der Waals surface area contributed by atoms with Crippen LogP contribution in [-0.4, -0.2) is 42.8 Å². The molecule has 3 heteroatoms. The normalized spacial score (nSPS) is 33.4. The molecule has 2 aliphatic rings. The number of hydrogen-bond acceptors (Lipinski definition) is 3. The highest BCUT2D eigenvalue weighted by Crippen LogP contribution is 2.30. The number of nitrogens with zero attached hydrogens (tertiary/aromatic N) is 1. The van der Waals surface area contributed by atoms with Crippen molar-refractivity contribution in [2.24, 2.45) is 5.73 Å². The molecule has 1 saturated heterocycles. The highest BCUT2D eigenvalue weighted by molar-refractivity contribution is 4.90. The Labute approximate surface area is 99.3 Å². The van der Waals surface area contributed by atoms with E-state index in [1.165, 1.54) is 38.5 Å². The van der Waals surface area contributed by atoms with E-state index in [1.54, 1.807) is 0 Å². The van der Waals surface area contributed by atoms with Crippen molar-refractivity contribution in [3.05, 3.63) is 0 Å². The van der Waals surface area contributed by atoms with Crippen molar-refractivity contribution >= 4 is 0 Å². The molecule has 1 aliphatic carbocycles. The summed E-state index contributed by atoms with van der Waals surface area (Å²) in [5.74, 6) is 0. The first-order valence-corrected chi connectivity index (χ1v) is 6.94. The Bertz CT molecular complexity index is 208. The number of ether oxygens (including phenoxy) is 1. The Morgan fingerprint density at radius 3 is 2.94 bits per heavy atom. The zero-order valence-electron chi connectivity index (χ0n) is 10.5. The summed E-state index contributed by atoms with van der Waals surface area (Å²) < 4.78 is 5.90. The molecule has 0 bridgehead atoms. The second-order valence-electron chi connectivity index (χ2n) is 5.18. The van der Waals surface area contributed by atoms with Crippen molar-refractivity contribution in [3.63, 3.8) is 0 Å². The van der Waals surface area contributed by atoms with Gasteiger partial charge in [0.1, 0.15) is 0 Å². The minimum atomic E-state index is 0.494. The summed E-state index contributed by atoms with van der Waals surface area (Å²) in [5, 5.41) is 0. The first-order valence-electron chi connectivity index (χ1n) is 6.94. The van der Waals surface area contributed by atoms with Crippen molar-refractivity contribution in [3.8, 4) is 0 Å². The lowest BCUT2D eigenvalue weighted by molar-refractivity contribution is -0.102. The van der Waals surface area contributed by atoms with Crippen LogP contribution in [0.15, 0.2) is 0 Å². The Hall–Kier alpha value is -0.120. The highest BCUT2D eigenvalue weighted by atomic mass is 16.5. The van der Waals surface area contributed by atoms with E-state index in [4.69, 9.17) is 10.5 Å². The molecular formula is C13H26N2O. The molecule has 2 N–H and O–H groups in total. The molecule has 0 radical (unpaired) electrons. The summed E-state index contributed by atoms with van der Waals surface area (Å²) in [5.41, 5.74) is 5.93. The number of fused-ring (bicyclic) bond motifs is 1. The molecule has 1 aliphatic heterocycles. The second kappa shape index (κ2) is 5.99. The molecule has 1 saturated carbocycles. The minimum Gasteiger partial charge on any atom is -0.375 e. The topological polar surface area (TPSA) is 38.5 Å². The van der Waals surface area contributed by atoms with E-state index in [0.29, 0.717) is 18.2 Å². The Balaban J connectivity index is 2.00. The molecule has 0 spiro atoms. The molecule has 3 unspecified atom stereocenters. The quantitative estimate of drug-likeness (QED) is 0.794. The van der Waals surface area contributed by atoms with Crippen molar-refractivity contribution in [2.75, 3.05) is 19.7 Å². The van der Waals surface area contributed by atoms with Crippen LogP contribution in [0.2, 0.25) is 0 Å². The van der Waals surface area contributed by atoms with E-state index in [0.717, 1.165) is 19.7 Å².